The molecule has 1 aliphatic heterocycles. The van der Waals surface area contributed by atoms with Crippen LogP contribution in [0.15, 0.2) is 61.2 Å². The zero-order valence-electron chi connectivity index (χ0n) is 14.8. The molecule has 0 fully saturated rings. The Balaban J connectivity index is 1.37. The average Bonchev–Trinajstić information content (AvgIpc) is 2.95. The minimum atomic E-state index is -0.158. The monoisotopic (exact) mass is 360 g/mol. The molecule has 2 aromatic heterocycles. The van der Waals surface area contributed by atoms with Gasteiger partial charge in [-0.3, -0.25) is 9.78 Å². The Morgan fingerprint density at radius 2 is 1.89 bits per heavy atom. The highest BCUT2D eigenvalue weighted by Crippen LogP contribution is 2.26. The molecule has 4 rings (SSSR count). The van der Waals surface area contributed by atoms with E-state index < -0.39 is 0 Å². The Kier molecular flexibility index (Phi) is 5.05. The van der Waals surface area contributed by atoms with E-state index in [9.17, 15) is 4.79 Å². The number of nitrogens with zero attached hydrogens (tertiary/aromatic N) is 3. The first-order valence-corrected chi connectivity index (χ1v) is 9.01. The number of hydrogen-bond donors (Lipinski definition) is 1. The van der Waals surface area contributed by atoms with Crippen LogP contribution in [0.25, 0.3) is 11.4 Å². The minimum absolute atomic E-state index is 0.158. The maximum absolute atomic E-state index is 12.4. The lowest BCUT2D eigenvalue weighted by Gasteiger charge is -2.14. The third-order valence-electron chi connectivity index (χ3n) is 4.67. The lowest BCUT2D eigenvalue weighted by atomic mass is 9.97. The van der Waals surface area contributed by atoms with Gasteiger partial charge in [0.1, 0.15) is 5.75 Å². The highest BCUT2D eigenvalue weighted by atomic mass is 16.5. The van der Waals surface area contributed by atoms with Crippen LogP contribution in [0.2, 0.25) is 0 Å². The van der Waals surface area contributed by atoms with Crippen LogP contribution in [-0.4, -0.2) is 34.0 Å². The second-order valence-electron chi connectivity index (χ2n) is 6.56. The van der Waals surface area contributed by atoms with Gasteiger partial charge in [-0.2, -0.15) is 0 Å². The molecule has 3 heterocycles. The second kappa shape index (κ2) is 7.95. The molecule has 0 aliphatic carbocycles. The van der Waals surface area contributed by atoms with E-state index in [0.717, 1.165) is 24.2 Å². The van der Waals surface area contributed by atoms with Gasteiger partial charge in [0.25, 0.3) is 5.91 Å². The van der Waals surface area contributed by atoms with Crippen LogP contribution in [0.5, 0.6) is 5.75 Å². The van der Waals surface area contributed by atoms with Crippen LogP contribution in [0, 0.1) is 5.92 Å². The highest BCUT2D eigenvalue weighted by Gasteiger charge is 2.18. The molecule has 1 N–H and O–H groups in total. The summed E-state index contributed by atoms with van der Waals surface area (Å²) < 4.78 is 5.79. The van der Waals surface area contributed by atoms with Gasteiger partial charge in [-0.05, 0) is 42.5 Å². The third-order valence-corrected chi connectivity index (χ3v) is 4.67. The van der Waals surface area contributed by atoms with E-state index in [1.807, 2.05) is 30.3 Å². The highest BCUT2D eigenvalue weighted by molar-refractivity contribution is 5.93. The Labute approximate surface area is 157 Å². The van der Waals surface area contributed by atoms with E-state index in [2.05, 4.69) is 26.3 Å². The maximum atomic E-state index is 12.4. The largest absolute Gasteiger partial charge is 0.493 e. The summed E-state index contributed by atoms with van der Waals surface area (Å²) in [5, 5.41) is 3.00. The molecule has 1 atom stereocenters. The van der Waals surface area contributed by atoms with Gasteiger partial charge in [0.2, 0.25) is 0 Å². The molecule has 1 amide bonds. The maximum Gasteiger partial charge on any atom is 0.254 e. The van der Waals surface area contributed by atoms with Crippen LogP contribution < -0.4 is 10.1 Å². The van der Waals surface area contributed by atoms with Crippen molar-refractivity contribution in [1.29, 1.82) is 0 Å². The van der Waals surface area contributed by atoms with E-state index in [-0.39, 0.29) is 5.91 Å². The van der Waals surface area contributed by atoms with Crippen LogP contribution in [0.3, 0.4) is 0 Å². The molecule has 3 aromatic rings. The molecule has 0 saturated heterocycles. The zero-order valence-corrected chi connectivity index (χ0v) is 14.8. The van der Waals surface area contributed by atoms with Gasteiger partial charge < -0.3 is 10.1 Å². The molecule has 1 aromatic carbocycles. The number of para-hydroxylation sites is 1. The van der Waals surface area contributed by atoms with Gasteiger partial charge in [0, 0.05) is 36.9 Å². The summed E-state index contributed by atoms with van der Waals surface area (Å²) in [6.45, 7) is 1.27. The van der Waals surface area contributed by atoms with E-state index in [1.165, 1.54) is 5.56 Å². The SMILES string of the molecule is O=C(NCC1CCOc2ccccc2C1)c1cnc(-c2ccncc2)nc1. The van der Waals surface area contributed by atoms with Gasteiger partial charge >= 0.3 is 0 Å². The minimum Gasteiger partial charge on any atom is -0.493 e. The molecule has 1 unspecified atom stereocenters. The lowest BCUT2D eigenvalue weighted by Crippen LogP contribution is -2.30. The fraction of sp³-hybridized carbons (Fsp3) is 0.238. The number of pyridine rings is 1. The summed E-state index contributed by atoms with van der Waals surface area (Å²) >= 11 is 0. The second-order valence-corrected chi connectivity index (χ2v) is 6.56. The van der Waals surface area contributed by atoms with Gasteiger partial charge in [-0.1, -0.05) is 18.2 Å². The zero-order chi connectivity index (χ0) is 18.5. The number of fused-ring (bicyclic) bond motifs is 1. The number of nitrogens with one attached hydrogen (secondary N) is 1. The van der Waals surface area contributed by atoms with Crippen molar-refractivity contribution in [2.75, 3.05) is 13.2 Å². The number of hydrogen-bond acceptors (Lipinski definition) is 5. The fourth-order valence-corrected chi connectivity index (χ4v) is 3.17. The molecule has 136 valence electrons. The van der Waals surface area contributed by atoms with E-state index in [0.29, 0.717) is 30.5 Å². The number of benzene rings is 1. The van der Waals surface area contributed by atoms with Crippen LogP contribution in [0.1, 0.15) is 22.3 Å². The smallest absolute Gasteiger partial charge is 0.254 e. The number of carbonyl (C=O) groups excluding carboxylic acids is 1. The normalized spacial score (nSPS) is 15.9. The molecule has 0 saturated carbocycles. The van der Waals surface area contributed by atoms with Crippen molar-refractivity contribution in [1.82, 2.24) is 20.3 Å². The molecule has 27 heavy (non-hydrogen) atoms. The quantitative estimate of drug-likeness (QED) is 0.774. The molecule has 6 heteroatoms. The summed E-state index contributed by atoms with van der Waals surface area (Å²) in [5.41, 5.74) is 2.52. The Bertz CT molecular complexity index is 913. The molecular formula is C21H20N4O2. The first-order valence-electron chi connectivity index (χ1n) is 9.01. The number of amides is 1. The average molecular weight is 360 g/mol. The van der Waals surface area contributed by atoms with Crippen molar-refractivity contribution in [3.63, 3.8) is 0 Å². The number of rotatable bonds is 4. The summed E-state index contributed by atoms with van der Waals surface area (Å²) in [6, 6.07) is 11.8. The number of carbonyl (C=O) groups is 1. The summed E-state index contributed by atoms with van der Waals surface area (Å²) in [7, 11) is 0. The number of ether oxygens (including phenoxy) is 1. The van der Waals surface area contributed by atoms with Gasteiger partial charge in [0.15, 0.2) is 5.82 Å². The molecule has 0 bridgehead atoms. The third kappa shape index (κ3) is 4.11. The van der Waals surface area contributed by atoms with Crippen molar-refractivity contribution in [3.8, 4) is 17.1 Å². The van der Waals surface area contributed by atoms with E-state index in [1.54, 1.807) is 24.8 Å². The van der Waals surface area contributed by atoms with Crippen molar-refractivity contribution in [3.05, 3.63) is 72.3 Å². The molecular weight excluding hydrogens is 340 g/mol. The topological polar surface area (TPSA) is 77.0 Å². The Morgan fingerprint density at radius 1 is 1.11 bits per heavy atom. The van der Waals surface area contributed by atoms with Gasteiger partial charge in [0.05, 0.1) is 12.2 Å². The first kappa shape index (κ1) is 17.1. The molecule has 6 nitrogen and oxygen atoms in total. The van der Waals surface area contributed by atoms with Crippen LogP contribution >= 0.6 is 0 Å². The lowest BCUT2D eigenvalue weighted by molar-refractivity contribution is 0.0944. The van der Waals surface area contributed by atoms with Gasteiger partial charge in [-0.15, -0.1) is 0 Å². The van der Waals surface area contributed by atoms with Crippen LogP contribution in [-0.2, 0) is 6.42 Å². The van der Waals surface area contributed by atoms with E-state index in [4.69, 9.17) is 4.74 Å². The molecule has 1 aliphatic rings. The molecule has 0 spiro atoms. The van der Waals surface area contributed by atoms with Crippen molar-refractivity contribution < 1.29 is 9.53 Å². The fourth-order valence-electron chi connectivity index (χ4n) is 3.17. The number of aromatic nitrogens is 3. The van der Waals surface area contributed by atoms with E-state index >= 15 is 0 Å². The summed E-state index contributed by atoms with van der Waals surface area (Å²) in [5.74, 6) is 1.71. The predicted molar refractivity (Wildman–Crippen MR) is 101 cm³/mol. The first-order chi connectivity index (χ1) is 13.3. The van der Waals surface area contributed by atoms with Crippen LogP contribution in [0.4, 0.5) is 0 Å². The Morgan fingerprint density at radius 3 is 2.70 bits per heavy atom. The standard InChI is InChI=1S/C21H20N4O2/c26-21(18-13-23-20(24-14-18)16-5-8-22-9-6-16)25-12-15-7-10-27-19-4-2-1-3-17(19)11-15/h1-6,8-9,13-15H,7,10-12H2,(H,25,26). The summed E-state index contributed by atoms with van der Waals surface area (Å²) in [4.78, 5) is 25.0. The predicted octanol–water partition coefficient (Wildman–Crippen LogP) is 2.91. The van der Waals surface area contributed by atoms with Crippen molar-refractivity contribution in [2.45, 2.75) is 12.8 Å². The van der Waals surface area contributed by atoms with Crippen molar-refractivity contribution >= 4 is 5.91 Å². The van der Waals surface area contributed by atoms with Crippen molar-refractivity contribution in [2.24, 2.45) is 5.92 Å². The molecule has 0 radical (unpaired) electrons. The summed E-state index contributed by atoms with van der Waals surface area (Å²) in [6.07, 6.45) is 8.30. The Hall–Kier alpha value is -3.28. The van der Waals surface area contributed by atoms with Gasteiger partial charge in [-0.25, -0.2) is 9.97 Å².